The van der Waals surface area contributed by atoms with Crippen molar-refractivity contribution < 1.29 is 95.5 Å². The lowest BCUT2D eigenvalue weighted by molar-refractivity contribution is -0.356. The minimum Gasteiger partial charge on any atom is -0.465 e. The minimum atomic E-state index is -2.16. The number of aliphatic hydroxyl groups is 1. The van der Waals surface area contributed by atoms with E-state index in [1.165, 1.54) is 20.8 Å². The summed E-state index contributed by atoms with van der Waals surface area (Å²) in [5, 5.41) is 11.6. The van der Waals surface area contributed by atoms with E-state index in [2.05, 4.69) is 0 Å². The SMILES string of the molecule is CCC(OC(C)=O)C(OC(C)=O)C1OC(OCC2OC(OC3C(COC(C)=O)OC(OC(C)=O)C(OC(C)=O)C3C)C(OC(C)=O)C(C)C2O)(C(=O)OC)CC(C)C1C. The Labute approximate surface area is 343 Å². The topological polar surface area (TPSA) is 250 Å². The van der Waals surface area contributed by atoms with Crippen LogP contribution in [0.5, 0.6) is 0 Å². The third-order valence-corrected chi connectivity index (χ3v) is 10.6. The van der Waals surface area contributed by atoms with Crippen molar-refractivity contribution in [3.63, 3.8) is 0 Å². The van der Waals surface area contributed by atoms with Crippen LogP contribution >= 0.6 is 0 Å². The number of ether oxygens (including phenoxy) is 12. The molecule has 16 atom stereocenters. The quantitative estimate of drug-likeness (QED) is 0.171. The van der Waals surface area contributed by atoms with E-state index in [0.717, 1.165) is 27.9 Å². The number of rotatable bonds is 16. The van der Waals surface area contributed by atoms with Gasteiger partial charge in [0.25, 0.3) is 5.79 Å². The first-order chi connectivity index (χ1) is 27.5. The Balaban J connectivity index is 2.02. The smallest absolute Gasteiger partial charge is 0.366 e. The van der Waals surface area contributed by atoms with Gasteiger partial charge in [-0.2, -0.15) is 0 Å². The van der Waals surface area contributed by atoms with Gasteiger partial charge in [-0.15, -0.1) is 0 Å². The molecule has 3 saturated heterocycles. The van der Waals surface area contributed by atoms with Crippen molar-refractivity contribution in [1.29, 1.82) is 0 Å². The van der Waals surface area contributed by atoms with Gasteiger partial charge in [-0.3, -0.25) is 28.8 Å². The molecule has 0 amide bonds. The molecule has 0 spiro atoms. The van der Waals surface area contributed by atoms with Gasteiger partial charge in [0, 0.05) is 59.8 Å². The van der Waals surface area contributed by atoms with E-state index in [1.807, 2.05) is 13.8 Å². The fourth-order valence-corrected chi connectivity index (χ4v) is 7.60. The van der Waals surface area contributed by atoms with Crippen LogP contribution in [0, 0.1) is 23.7 Å². The Bertz CT molecular complexity index is 1500. The molecule has 0 bridgehead atoms. The fourth-order valence-electron chi connectivity index (χ4n) is 7.60. The molecule has 20 nitrogen and oxygen atoms in total. The lowest BCUT2D eigenvalue weighted by Gasteiger charge is -2.49. The van der Waals surface area contributed by atoms with Gasteiger partial charge >= 0.3 is 41.8 Å². The van der Waals surface area contributed by atoms with Crippen LogP contribution in [0.2, 0.25) is 0 Å². The first kappa shape index (κ1) is 49.4. The molecule has 336 valence electrons. The first-order valence-corrected chi connectivity index (χ1v) is 19.6. The summed E-state index contributed by atoms with van der Waals surface area (Å²) in [6.07, 6.45) is -13.5. The maximum Gasteiger partial charge on any atom is 0.366 e. The number of carbonyl (C=O) groups excluding carboxylic acids is 7. The standard InChI is InChI=1S/C39H60O20/c1-13-27(51-22(7)41)35(54-25(10)44)32-18(3)17(2)14-39(59-32,38(47)48-12)50-16-28-30(46)19(4)33(52-23(8)42)37(56-28)58-31-20(5)34(53-24(9)43)36(55-26(11)45)57-29(31)15-49-21(6)40/h17-20,27-37,46H,13-16H2,1-12H3. The van der Waals surface area contributed by atoms with Gasteiger partial charge in [0.05, 0.1) is 25.9 Å². The van der Waals surface area contributed by atoms with Crippen molar-refractivity contribution in [3.05, 3.63) is 0 Å². The summed E-state index contributed by atoms with van der Waals surface area (Å²) in [5.74, 6) is -9.79. The number of carbonyl (C=O) groups is 7. The molecule has 0 saturated carbocycles. The molecule has 0 aliphatic carbocycles. The lowest BCUT2D eigenvalue weighted by atomic mass is 9.79. The third-order valence-electron chi connectivity index (χ3n) is 10.6. The number of methoxy groups -OCH3 is 1. The van der Waals surface area contributed by atoms with E-state index in [0.29, 0.717) is 0 Å². The van der Waals surface area contributed by atoms with Gasteiger partial charge in [0.15, 0.2) is 24.6 Å². The maximum absolute atomic E-state index is 13.7. The zero-order chi connectivity index (χ0) is 44.5. The van der Waals surface area contributed by atoms with Crippen molar-refractivity contribution in [2.45, 2.75) is 162 Å². The molecule has 3 rings (SSSR count). The highest BCUT2D eigenvalue weighted by molar-refractivity contribution is 5.78. The summed E-state index contributed by atoms with van der Waals surface area (Å²) in [6, 6.07) is 0. The zero-order valence-corrected chi connectivity index (χ0v) is 35.7. The van der Waals surface area contributed by atoms with Crippen LogP contribution in [0.4, 0.5) is 0 Å². The van der Waals surface area contributed by atoms with Crippen molar-refractivity contribution in [2.75, 3.05) is 20.3 Å². The minimum absolute atomic E-state index is 0.0569. The average Bonchev–Trinajstić information content (AvgIpc) is 3.14. The molecule has 0 radical (unpaired) electrons. The van der Waals surface area contributed by atoms with Crippen LogP contribution in [-0.2, 0) is 90.4 Å². The monoisotopic (exact) mass is 848 g/mol. The van der Waals surface area contributed by atoms with E-state index in [4.69, 9.17) is 56.8 Å². The number of hydrogen-bond acceptors (Lipinski definition) is 20. The molecule has 59 heavy (non-hydrogen) atoms. The van der Waals surface area contributed by atoms with Gasteiger partial charge in [-0.25, -0.2) is 4.79 Å². The van der Waals surface area contributed by atoms with Crippen LogP contribution in [0.25, 0.3) is 0 Å². The predicted octanol–water partition coefficient (Wildman–Crippen LogP) is 1.66. The first-order valence-electron chi connectivity index (χ1n) is 19.6. The van der Waals surface area contributed by atoms with Crippen molar-refractivity contribution in [1.82, 2.24) is 0 Å². The van der Waals surface area contributed by atoms with E-state index in [1.54, 1.807) is 20.8 Å². The molecule has 3 fully saturated rings. The van der Waals surface area contributed by atoms with Crippen molar-refractivity contribution in [3.8, 4) is 0 Å². The van der Waals surface area contributed by atoms with Gasteiger partial charge in [-0.05, 0) is 18.3 Å². The maximum atomic E-state index is 13.7. The molecular weight excluding hydrogens is 788 g/mol. The number of esters is 7. The lowest BCUT2D eigenvalue weighted by Crippen LogP contribution is -2.63. The summed E-state index contributed by atoms with van der Waals surface area (Å²) in [5.41, 5.74) is 0. The molecular formula is C39H60O20. The molecule has 1 N–H and O–H groups in total. The summed E-state index contributed by atoms with van der Waals surface area (Å²) >= 11 is 0. The second-order valence-electron chi connectivity index (χ2n) is 15.3. The number of hydrogen-bond donors (Lipinski definition) is 1. The molecule has 0 aromatic heterocycles. The molecule has 16 unspecified atom stereocenters. The second kappa shape index (κ2) is 21.5. The third kappa shape index (κ3) is 12.8. The van der Waals surface area contributed by atoms with Crippen molar-refractivity contribution >= 4 is 41.8 Å². The molecule has 3 aliphatic rings. The van der Waals surface area contributed by atoms with E-state index in [-0.39, 0.29) is 24.7 Å². The molecule has 3 heterocycles. The molecule has 0 aromatic carbocycles. The van der Waals surface area contributed by atoms with Crippen molar-refractivity contribution in [2.24, 2.45) is 23.7 Å². The Morgan fingerprint density at radius 3 is 1.75 bits per heavy atom. The second-order valence-corrected chi connectivity index (χ2v) is 15.3. The molecule has 0 aromatic rings. The van der Waals surface area contributed by atoms with Gasteiger partial charge < -0.3 is 61.9 Å². The molecule has 3 aliphatic heterocycles. The van der Waals surface area contributed by atoms with Crippen LogP contribution in [0.15, 0.2) is 0 Å². The summed E-state index contributed by atoms with van der Waals surface area (Å²) in [6.45, 7) is 14.6. The highest BCUT2D eigenvalue weighted by Gasteiger charge is 2.57. The summed E-state index contributed by atoms with van der Waals surface area (Å²) in [7, 11) is 1.13. The number of aliphatic hydroxyl groups excluding tert-OH is 1. The largest absolute Gasteiger partial charge is 0.465 e. The normalized spacial score (nSPS) is 35.5. The van der Waals surface area contributed by atoms with Gasteiger partial charge in [0.1, 0.15) is 31.0 Å². The van der Waals surface area contributed by atoms with Crippen LogP contribution in [-0.4, -0.2) is 141 Å². The highest BCUT2D eigenvalue weighted by Crippen LogP contribution is 2.43. The Kier molecular flexibility index (Phi) is 18.0. The average molecular weight is 849 g/mol. The van der Waals surface area contributed by atoms with E-state index in [9.17, 15) is 38.7 Å². The van der Waals surface area contributed by atoms with Crippen LogP contribution in [0.1, 0.15) is 89.0 Å². The van der Waals surface area contributed by atoms with Crippen LogP contribution < -0.4 is 0 Å². The van der Waals surface area contributed by atoms with Gasteiger partial charge in [0.2, 0.25) is 6.29 Å². The van der Waals surface area contributed by atoms with E-state index >= 15 is 0 Å². The van der Waals surface area contributed by atoms with Crippen LogP contribution in [0.3, 0.4) is 0 Å². The molecule has 20 heteroatoms. The highest BCUT2D eigenvalue weighted by atomic mass is 16.8. The predicted molar refractivity (Wildman–Crippen MR) is 196 cm³/mol. The Morgan fingerprint density at radius 1 is 0.678 bits per heavy atom. The summed E-state index contributed by atoms with van der Waals surface area (Å²) in [4.78, 5) is 86.5. The fraction of sp³-hybridized carbons (Fsp3) is 0.821. The zero-order valence-electron chi connectivity index (χ0n) is 35.7. The summed E-state index contributed by atoms with van der Waals surface area (Å²) < 4.78 is 69.4. The van der Waals surface area contributed by atoms with Gasteiger partial charge in [-0.1, -0.05) is 34.6 Å². The Morgan fingerprint density at radius 2 is 1.24 bits per heavy atom. The Hall–Kier alpha value is -3.95. The van der Waals surface area contributed by atoms with E-state index < -0.39 is 140 Å².